The van der Waals surface area contributed by atoms with Crippen LogP contribution in [0.3, 0.4) is 0 Å². The Hall–Kier alpha value is -0.160. The standard InChI is InChI=1S/C11H22N2O2/c12-10-4-2-1-3-9(13-10)5-6-11-14-7-8-15-11/h9-11,13H,1-8,12H2. The monoisotopic (exact) mass is 214 g/mol. The minimum absolute atomic E-state index is 0.0336. The van der Waals surface area contributed by atoms with Crippen LogP contribution >= 0.6 is 0 Å². The summed E-state index contributed by atoms with van der Waals surface area (Å²) in [6.07, 6.45) is 7.20. The number of nitrogens with one attached hydrogen (secondary N) is 1. The smallest absolute Gasteiger partial charge is 0.157 e. The van der Waals surface area contributed by atoms with Gasteiger partial charge in [-0.25, -0.2) is 0 Å². The van der Waals surface area contributed by atoms with Crippen molar-refractivity contribution in [2.45, 2.75) is 57.0 Å². The fourth-order valence-electron chi connectivity index (χ4n) is 2.36. The molecular weight excluding hydrogens is 192 g/mol. The van der Waals surface area contributed by atoms with E-state index < -0.39 is 0 Å². The fraction of sp³-hybridized carbons (Fsp3) is 1.00. The van der Waals surface area contributed by atoms with Crippen molar-refractivity contribution in [2.24, 2.45) is 5.73 Å². The van der Waals surface area contributed by atoms with Crippen LogP contribution in [-0.2, 0) is 9.47 Å². The van der Waals surface area contributed by atoms with Crippen LogP contribution in [0.1, 0.15) is 38.5 Å². The first-order valence-corrected chi connectivity index (χ1v) is 6.09. The molecule has 88 valence electrons. The molecule has 3 N–H and O–H groups in total. The van der Waals surface area contributed by atoms with Gasteiger partial charge < -0.3 is 15.2 Å². The van der Waals surface area contributed by atoms with Gasteiger partial charge in [-0.1, -0.05) is 12.8 Å². The molecule has 0 aliphatic carbocycles. The van der Waals surface area contributed by atoms with Gasteiger partial charge >= 0.3 is 0 Å². The number of ether oxygens (including phenoxy) is 2. The first-order chi connectivity index (χ1) is 7.34. The Morgan fingerprint density at radius 1 is 1.07 bits per heavy atom. The van der Waals surface area contributed by atoms with Crippen LogP contribution in [-0.4, -0.2) is 31.7 Å². The van der Waals surface area contributed by atoms with Crippen LogP contribution in [0.5, 0.6) is 0 Å². The van der Waals surface area contributed by atoms with E-state index in [0.717, 1.165) is 32.5 Å². The molecule has 15 heavy (non-hydrogen) atoms. The Bertz CT molecular complexity index is 183. The molecule has 4 heteroatoms. The molecule has 0 saturated carbocycles. The summed E-state index contributed by atoms with van der Waals surface area (Å²) < 4.78 is 10.8. The highest BCUT2D eigenvalue weighted by Crippen LogP contribution is 2.17. The molecule has 2 aliphatic rings. The van der Waals surface area contributed by atoms with E-state index >= 15 is 0 Å². The largest absolute Gasteiger partial charge is 0.350 e. The van der Waals surface area contributed by atoms with Crippen molar-refractivity contribution in [1.29, 1.82) is 0 Å². The van der Waals surface area contributed by atoms with Crippen LogP contribution in [0.15, 0.2) is 0 Å². The van der Waals surface area contributed by atoms with Crippen molar-refractivity contribution >= 4 is 0 Å². The number of hydrogen-bond acceptors (Lipinski definition) is 4. The van der Waals surface area contributed by atoms with E-state index in [1.807, 2.05) is 0 Å². The minimum atomic E-state index is 0.0336. The molecular formula is C11H22N2O2. The van der Waals surface area contributed by atoms with Gasteiger partial charge in [0, 0.05) is 6.04 Å². The lowest BCUT2D eigenvalue weighted by atomic mass is 10.1. The number of nitrogens with two attached hydrogens (primary N) is 1. The molecule has 0 spiro atoms. The zero-order chi connectivity index (χ0) is 10.5. The Labute approximate surface area is 91.5 Å². The van der Waals surface area contributed by atoms with Gasteiger partial charge in [0.25, 0.3) is 0 Å². The minimum Gasteiger partial charge on any atom is -0.350 e. The SMILES string of the molecule is NC1CCCCC(CCC2OCCO2)N1. The van der Waals surface area contributed by atoms with Crippen LogP contribution in [0.2, 0.25) is 0 Å². The molecule has 2 fully saturated rings. The van der Waals surface area contributed by atoms with Gasteiger partial charge in [-0.15, -0.1) is 0 Å². The summed E-state index contributed by atoms with van der Waals surface area (Å²) in [6, 6.07) is 0.551. The van der Waals surface area contributed by atoms with E-state index in [-0.39, 0.29) is 12.5 Å². The first kappa shape index (κ1) is 11.3. The van der Waals surface area contributed by atoms with Crippen molar-refractivity contribution < 1.29 is 9.47 Å². The van der Waals surface area contributed by atoms with Gasteiger partial charge in [-0.2, -0.15) is 0 Å². The predicted molar refractivity (Wildman–Crippen MR) is 58.3 cm³/mol. The van der Waals surface area contributed by atoms with Crippen LogP contribution in [0.25, 0.3) is 0 Å². The number of hydrogen-bond donors (Lipinski definition) is 2. The molecule has 2 aliphatic heterocycles. The van der Waals surface area contributed by atoms with Crippen LogP contribution in [0.4, 0.5) is 0 Å². The third-order valence-corrected chi connectivity index (χ3v) is 3.21. The average Bonchev–Trinajstić information content (AvgIpc) is 2.65. The van der Waals surface area contributed by atoms with Gasteiger partial charge in [0.1, 0.15) is 0 Å². The van der Waals surface area contributed by atoms with Gasteiger partial charge in [0.05, 0.1) is 19.4 Å². The Kier molecular flexibility index (Phi) is 4.38. The quantitative estimate of drug-likeness (QED) is 0.734. The molecule has 0 aromatic rings. The predicted octanol–water partition coefficient (Wildman–Crippen LogP) is 0.956. The highest BCUT2D eigenvalue weighted by atomic mass is 16.7. The molecule has 0 bridgehead atoms. The molecule has 2 atom stereocenters. The zero-order valence-electron chi connectivity index (χ0n) is 9.28. The van der Waals surface area contributed by atoms with E-state index in [2.05, 4.69) is 5.32 Å². The fourth-order valence-corrected chi connectivity index (χ4v) is 2.36. The van der Waals surface area contributed by atoms with Gasteiger partial charge in [-0.3, -0.25) is 5.32 Å². The van der Waals surface area contributed by atoms with E-state index in [0.29, 0.717) is 6.04 Å². The van der Waals surface area contributed by atoms with Gasteiger partial charge in [-0.05, 0) is 25.7 Å². The lowest BCUT2D eigenvalue weighted by Crippen LogP contribution is -2.42. The maximum Gasteiger partial charge on any atom is 0.157 e. The van der Waals surface area contributed by atoms with E-state index in [9.17, 15) is 0 Å². The maximum absolute atomic E-state index is 5.94. The van der Waals surface area contributed by atoms with E-state index in [4.69, 9.17) is 15.2 Å². The molecule has 0 aromatic heterocycles. The molecule has 2 saturated heterocycles. The molecule has 2 unspecified atom stereocenters. The maximum atomic E-state index is 5.94. The molecule has 0 aromatic carbocycles. The molecule has 2 rings (SSSR count). The Morgan fingerprint density at radius 3 is 2.60 bits per heavy atom. The normalized spacial score (nSPS) is 34.2. The summed E-state index contributed by atoms with van der Waals surface area (Å²) in [5.74, 6) is 0. The summed E-state index contributed by atoms with van der Waals surface area (Å²) in [5.41, 5.74) is 5.94. The third kappa shape index (κ3) is 3.72. The van der Waals surface area contributed by atoms with E-state index in [1.165, 1.54) is 19.3 Å². The molecule has 2 heterocycles. The van der Waals surface area contributed by atoms with Crippen molar-refractivity contribution in [2.75, 3.05) is 13.2 Å². The second-order valence-electron chi connectivity index (χ2n) is 4.50. The number of rotatable bonds is 3. The first-order valence-electron chi connectivity index (χ1n) is 6.09. The van der Waals surface area contributed by atoms with Crippen molar-refractivity contribution in [3.8, 4) is 0 Å². The van der Waals surface area contributed by atoms with Crippen molar-refractivity contribution in [1.82, 2.24) is 5.32 Å². The Morgan fingerprint density at radius 2 is 1.80 bits per heavy atom. The molecule has 0 radical (unpaired) electrons. The topological polar surface area (TPSA) is 56.5 Å². The summed E-state index contributed by atoms with van der Waals surface area (Å²) in [4.78, 5) is 0. The van der Waals surface area contributed by atoms with Gasteiger partial charge in [0.15, 0.2) is 6.29 Å². The third-order valence-electron chi connectivity index (χ3n) is 3.21. The zero-order valence-corrected chi connectivity index (χ0v) is 9.28. The lowest BCUT2D eigenvalue weighted by molar-refractivity contribution is -0.0493. The van der Waals surface area contributed by atoms with Gasteiger partial charge in [0.2, 0.25) is 0 Å². The summed E-state index contributed by atoms with van der Waals surface area (Å²) >= 11 is 0. The second-order valence-corrected chi connectivity index (χ2v) is 4.50. The van der Waals surface area contributed by atoms with Crippen LogP contribution in [0, 0.1) is 0 Å². The molecule has 4 nitrogen and oxygen atoms in total. The highest BCUT2D eigenvalue weighted by Gasteiger charge is 2.20. The summed E-state index contributed by atoms with van der Waals surface area (Å²) in [7, 11) is 0. The molecule has 0 amide bonds. The van der Waals surface area contributed by atoms with Crippen LogP contribution < -0.4 is 11.1 Å². The summed E-state index contributed by atoms with van der Waals surface area (Å²) in [6.45, 7) is 1.50. The van der Waals surface area contributed by atoms with Crippen molar-refractivity contribution in [3.63, 3.8) is 0 Å². The second kappa shape index (κ2) is 5.80. The average molecular weight is 214 g/mol. The van der Waals surface area contributed by atoms with E-state index in [1.54, 1.807) is 0 Å². The lowest BCUT2D eigenvalue weighted by Gasteiger charge is -2.20. The Balaban J connectivity index is 1.67. The summed E-state index contributed by atoms with van der Waals surface area (Å²) in [5, 5.41) is 3.47. The highest BCUT2D eigenvalue weighted by molar-refractivity contribution is 4.75. The van der Waals surface area contributed by atoms with Crippen molar-refractivity contribution in [3.05, 3.63) is 0 Å².